The molecule has 0 aliphatic carbocycles. The summed E-state index contributed by atoms with van der Waals surface area (Å²) in [5, 5.41) is 4.26. The second-order valence-corrected chi connectivity index (χ2v) is 7.38. The van der Waals surface area contributed by atoms with E-state index in [1.165, 1.54) is 16.3 Å². The average molecular weight is 392 g/mol. The number of amides is 1. The van der Waals surface area contributed by atoms with Crippen molar-refractivity contribution in [2.24, 2.45) is 0 Å². The normalized spacial score (nSPS) is 14.9. The molecule has 2 aromatic carbocycles. The number of halogens is 1. The summed E-state index contributed by atoms with van der Waals surface area (Å²) in [6.07, 6.45) is 2.56. The lowest BCUT2D eigenvalue weighted by Gasteiger charge is -2.34. The molecule has 1 aliphatic rings. The van der Waals surface area contributed by atoms with E-state index < -0.39 is 0 Å². The molecule has 6 heteroatoms. The number of rotatable bonds is 5. The highest BCUT2D eigenvalue weighted by molar-refractivity contribution is 5.95. The van der Waals surface area contributed by atoms with Gasteiger partial charge in [0.25, 0.3) is 5.91 Å². The van der Waals surface area contributed by atoms with Crippen LogP contribution in [0, 0.1) is 12.7 Å². The Morgan fingerprint density at radius 2 is 1.69 bits per heavy atom. The van der Waals surface area contributed by atoms with Gasteiger partial charge in [0.1, 0.15) is 11.5 Å². The molecule has 0 radical (unpaired) electrons. The topological polar surface area (TPSA) is 41.4 Å². The molecule has 1 aliphatic heterocycles. The van der Waals surface area contributed by atoms with Crippen molar-refractivity contribution in [3.63, 3.8) is 0 Å². The van der Waals surface area contributed by atoms with Gasteiger partial charge in [-0.1, -0.05) is 42.5 Å². The van der Waals surface area contributed by atoms with Gasteiger partial charge in [-0.3, -0.25) is 9.69 Å². The van der Waals surface area contributed by atoms with Gasteiger partial charge in [-0.15, -0.1) is 0 Å². The van der Waals surface area contributed by atoms with Gasteiger partial charge < -0.3 is 4.90 Å². The molecule has 1 aromatic heterocycles. The number of benzene rings is 2. The van der Waals surface area contributed by atoms with Crippen molar-refractivity contribution in [2.45, 2.75) is 13.3 Å². The Bertz CT molecular complexity index is 978. The summed E-state index contributed by atoms with van der Waals surface area (Å²) < 4.78 is 15.6. The number of nitrogens with zero attached hydrogens (tertiary/aromatic N) is 4. The molecule has 0 saturated carbocycles. The number of carbonyl (C=O) groups is 1. The molecule has 5 nitrogen and oxygen atoms in total. The second kappa shape index (κ2) is 8.57. The van der Waals surface area contributed by atoms with Gasteiger partial charge in [0, 0.05) is 32.7 Å². The van der Waals surface area contributed by atoms with E-state index in [2.05, 4.69) is 34.3 Å². The van der Waals surface area contributed by atoms with Crippen LogP contribution in [-0.4, -0.2) is 58.2 Å². The maximum atomic E-state index is 14.1. The van der Waals surface area contributed by atoms with Crippen LogP contribution in [0.1, 0.15) is 21.6 Å². The SMILES string of the molecule is Cc1c(C(=O)N2CCN(CCc3ccccc3)CC2)cnn1-c1ccccc1F. The van der Waals surface area contributed by atoms with Crippen LogP contribution in [0.25, 0.3) is 5.69 Å². The van der Waals surface area contributed by atoms with Gasteiger partial charge >= 0.3 is 0 Å². The summed E-state index contributed by atoms with van der Waals surface area (Å²) in [7, 11) is 0. The summed E-state index contributed by atoms with van der Waals surface area (Å²) in [5.74, 6) is -0.391. The fourth-order valence-electron chi connectivity index (χ4n) is 3.76. The minimum absolute atomic E-state index is 0.0344. The average Bonchev–Trinajstić information content (AvgIpc) is 3.14. The monoisotopic (exact) mass is 392 g/mol. The number of aromatic nitrogens is 2. The Balaban J connectivity index is 1.37. The zero-order chi connectivity index (χ0) is 20.2. The van der Waals surface area contributed by atoms with Gasteiger partial charge in [-0.05, 0) is 31.0 Å². The summed E-state index contributed by atoms with van der Waals surface area (Å²) in [4.78, 5) is 17.3. The van der Waals surface area contributed by atoms with Crippen LogP contribution < -0.4 is 0 Å². The Morgan fingerprint density at radius 3 is 2.41 bits per heavy atom. The quantitative estimate of drug-likeness (QED) is 0.669. The molecule has 2 heterocycles. The fourth-order valence-corrected chi connectivity index (χ4v) is 3.76. The Kier molecular flexibility index (Phi) is 5.71. The van der Waals surface area contributed by atoms with E-state index in [0.29, 0.717) is 30.0 Å². The summed E-state index contributed by atoms with van der Waals surface area (Å²) in [5.41, 5.74) is 2.88. The minimum Gasteiger partial charge on any atom is -0.336 e. The molecule has 0 spiro atoms. The molecule has 4 rings (SSSR count). The third kappa shape index (κ3) is 4.22. The molecule has 0 atom stereocenters. The maximum absolute atomic E-state index is 14.1. The maximum Gasteiger partial charge on any atom is 0.257 e. The van der Waals surface area contributed by atoms with Crippen LogP contribution in [0.5, 0.6) is 0 Å². The van der Waals surface area contributed by atoms with E-state index >= 15 is 0 Å². The zero-order valence-corrected chi connectivity index (χ0v) is 16.6. The molecular formula is C23H25FN4O. The number of piperazine rings is 1. The first-order chi connectivity index (χ1) is 14.1. The van der Waals surface area contributed by atoms with Gasteiger partial charge in [0.05, 0.1) is 17.5 Å². The van der Waals surface area contributed by atoms with Crippen LogP contribution in [-0.2, 0) is 6.42 Å². The van der Waals surface area contributed by atoms with Crippen molar-refractivity contribution in [2.75, 3.05) is 32.7 Å². The van der Waals surface area contributed by atoms with Crippen LogP contribution in [0.15, 0.2) is 60.8 Å². The predicted octanol–water partition coefficient (Wildman–Crippen LogP) is 3.32. The molecule has 150 valence electrons. The van der Waals surface area contributed by atoms with Crippen molar-refractivity contribution in [3.05, 3.63) is 83.4 Å². The predicted molar refractivity (Wildman–Crippen MR) is 111 cm³/mol. The first-order valence-corrected chi connectivity index (χ1v) is 9.98. The molecule has 0 unspecified atom stereocenters. The first kappa shape index (κ1) is 19.3. The van der Waals surface area contributed by atoms with E-state index in [-0.39, 0.29) is 11.7 Å². The van der Waals surface area contributed by atoms with E-state index in [9.17, 15) is 9.18 Å². The van der Waals surface area contributed by atoms with Crippen molar-refractivity contribution in [1.82, 2.24) is 19.6 Å². The first-order valence-electron chi connectivity index (χ1n) is 9.98. The highest BCUT2D eigenvalue weighted by atomic mass is 19.1. The molecule has 1 saturated heterocycles. The van der Waals surface area contributed by atoms with Crippen LogP contribution >= 0.6 is 0 Å². The largest absolute Gasteiger partial charge is 0.336 e. The lowest BCUT2D eigenvalue weighted by molar-refractivity contribution is 0.0637. The van der Waals surface area contributed by atoms with Crippen molar-refractivity contribution in [1.29, 1.82) is 0 Å². The minimum atomic E-state index is -0.357. The number of para-hydroxylation sites is 1. The lowest BCUT2D eigenvalue weighted by atomic mass is 10.1. The van der Waals surface area contributed by atoms with Gasteiger partial charge in [0.15, 0.2) is 0 Å². The Morgan fingerprint density at radius 1 is 1.00 bits per heavy atom. The van der Waals surface area contributed by atoms with Gasteiger partial charge in [-0.2, -0.15) is 5.10 Å². The highest BCUT2D eigenvalue weighted by Crippen LogP contribution is 2.19. The molecule has 1 fully saturated rings. The molecule has 3 aromatic rings. The van der Waals surface area contributed by atoms with Gasteiger partial charge in [-0.25, -0.2) is 9.07 Å². The number of hydrogen-bond acceptors (Lipinski definition) is 3. The second-order valence-electron chi connectivity index (χ2n) is 7.38. The smallest absolute Gasteiger partial charge is 0.257 e. The molecule has 0 N–H and O–H groups in total. The van der Waals surface area contributed by atoms with Crippen LogP contribution in [0.2, 0.25) is 0 Å². The van der Waals surface area contributed by atoms with E-state index in [1.54, 1.807) is 24.4 Å². The van der Waals surface area contributed by atoms with Crippen LogP contribution in [0.3, 0.4) is 0 Å². The van der Waals surface area contributed by atoms with Crippen molar-refractivity contribution >= 4 is 5.91 Å². The molecule has 1 amide bonds. The standard InChI is InChI=1S/C23H25FN4O/c1-18-20(17-25-28(18)22-10-6-5-9-21(22)24)23(29)27-15-13-26(14-16-27)12-11-19-7-3-2-4-8-19/h2-10,17H,11-16H2,1H3. The fraction of sp³-hybridized carbons (Fsp3) is 0.304. The summed E-state index contributed by atoms with van der Waals surface area (Å²) in [6, 6.07) is 16.9. The van der Waals surface area contributed by atoms with Crippen LogP contribution in [0.4, 0.5) is 4.39 Å². The van der Waals surface area contributed by atoms with Crippen molar-refractivity contribution in [3.8, 4) is 5.69 Å². The number of hydrogen-bond donors (Lipinski definition) is 0. The zero-order valence-electron chi connectivity index (χ0n) is 16.6. The van der Waals surface area contributed by atoms with E-state index in [0.717, 1.165) is 26.1 Å². The Hall–Kier alpha value is -2.99. The lowest BCUT2D eigenvalue weighted by Crippen LogP contribution is -2.49. The van der Waals surface area contributed by atoms with Gasteiger partial charge in [0.2, 0.25) is 0 Å². The van der Waals surface area contributed by atoms with E-state index in [1.807, 2.05) is 17.9 Å². The van der Waals surface area contributed by atoms with E-state index in [4.69, 9.17) is 0 Å². The molecule has 29 heavy (non-hydrogen) atoms. The third-order valence-corrected chi connectivity index (χ3v) is 5.54. The third-order valence-electron chi connectivity index (χ3n) is 5.54. The molecule has 0 bridgehead atoms. The molecular weight excluding hydrogens is 367 g/mol. The number of carbonyl (C=O) groups excluding carboxylic acids is 1. The Labute approximate surface area is 170 Å². The highest BCUT2D eigenvalue weighted by Gasteiger charge is 2.25. The summed E-state index contributed by atoms with van der Waals surface area (Å²) >= 11 is 0. The summed E-state index contributed by atoms with van der Waals surface area (Å²) in [6.45, 7) is 5.91. The van der Waals surface area contributed by atoms with Crippen molar-refractivity contribution < 1.29 is 9.18 Å².